The molecular weight excluding hydrogens is 410 g/mol. The van der Waals surface area contributed by atoms with Crippen LogP contribution in [0.25, 0.3) is 10.9 Å². The molecule has 31 heavy (non-hydrogen) atoms. The number of aromatic nitrogens is 1. The second-order valence-corrected chi connectivity index (χ2v) is 8.81. The Kier molecular flexibility index (Phi) is 5.53. The summed E-state index contributed by atoms with van der Waals surface area (Å²) in [5.41, 5.74) is 6.01. The lowest BCUT2D eigenvalue weighted by Gasteiger charge is -2.35. The van der Waals surface area contributed by atoms with Gasteiger partial charge in [-0.25, -0.2) is 0 Å². The zero-order valence-electron chi connectivity index (χ0n) is 18.1. The first-order valence-corrected chi connectivity index (χ1v) is 11.4. The molecule has 1 saturated heterocycles. The summed E-state index contributed by atoms with van der Waals surface area (Å²) in [6, 6.07) is 12.6. The summed E-state index contributed by atoms with van der Waals surface area (Å²) in [6.07, 6.45) is 5.45. The Bertz CT molecular complexity index is 1110. The summed E-state index contributed by atoms with van der Waals surface area (Å²) in [5, 5.41) is 5.82. The summed E-state index contributed by atoms with van der Waals surface area (Å²) in [7, 11) is 3.35. The van der Waals surface area contributed by atoms with Crippen molar-refractivity contribution in [2.75, 3.05) is 37.5 Å². The predicted octanol–water partition coefficient (Wildman–Crippen LogP) is 5.48. The van der Waals surface area contributed by atoms with Gasteiger partial charge in [-0.2, -0.15) is 0 Å². The molecule has 0 saturated carbocycles. The quantitative estimate of drug-likeness (QED) is 0.573. The minimum Gasteiger partial charge on any atom is -0.493 e. The number of nitrogens with zero attached hydrogens (tertiary/aromatic N) is 2. The summed E-state index contributed by atoms with van der Waals surface area (Å²) >= 11 is 6.19. The Balaban J connectivity index is 1.42. The second kappa shape index (κ2) is 8.46. The number of aryl methyl sites for hydroxylation is 1. The van der Waals surface area contributed by atoms with Gasteiger partial charge in [0.2, 0.25) is 0 Å². The van der Waals surface area contributed by atoms with E-state index in [1.54, 1.807) is 14.2 Å². The van der Waals surface area contributed by atoms with Crippen molar-refractivity contribution in [1.29, 1.82) is 0 Å². The number of hydrogen-bond acceptors (Lipinski definition) is 5. The van der Waals surface area contributed by atoms with Crippen molar-refractivity contribution in [2.24, 2.45) is 0 Å². The van der Waals surface area contributed by atoms with Crippen molar-refractivity contribution >= 4 is 33.9 Å². The normalized spacial score (nSPS) is 16.4. The zero-order chi connectivity index (χ0) is 21.4. The molecule has 2 heterocycles. The number of ether oxygens (including phenoxy) is 2. The van der Waals surface area contributed by atoms with E-state index in [0.717, 1.165) is 72.6 Å². The number of piperidine rings is 1. The maximum Gasteiger partial charge on any atom is 0.162 e. The highest BCUT2D eigenvalue weighted by Gasteiger charge is 2.25. The van der Waals surface area contributed by atoms with E-state index < -0.39 is 0 Å². The molecule has 1 N–H and O–H groups in total. The topological polar surface area (TPSA) is 46.6 Å². The van der Waals surface area contributed by atoms with Crippen LogP contribution in [0.3, 0.4) is 0 Å². The van der Waals surface area contributed by atoms with Gasteiger partial charge in [0.15, 0.2) is 11.5 Å². The van der Waals surface area contributed by atoms with Crippen LogP contribution >= 0.6 is 11.6 Å². The third-order valence-electron chi connectivity index (χ3n) is 6.53. The average molecular weight is 438 g/mol. The number of rotatable bonds is 5. The zero-order valence-corrected chi connectivity index (χ0v) is 18.8. The van der Waals surface area contributed by atoms with Crippen LogP contribution in [-0.2, 0) is 12.8 Å². The highest BCUT2D eigenvalue weighted by atomic mass is 35.5. The summed E-state index contributed by atoms with van der Waals surface area (Å²) in [4.78, 5) is 7.38. The summed E-state index contributed by atoms with van der Waals surface area (Å²) in [6.45, 7) is 2.03. The van der Waals surface area contributed by atoms with Gasteiger partial charge in [0.25, 0.3) is 0 Å². The Morgan fingerprint density at radius 1 is 1.03 bits per heavy atom. The lowest BCUT2D eigenvalue weighted by Crippen LogP contribution is -2.39. The molecule has 2 aliphatic rings. The molecule has 0 radical (unpaired) electrons. The van der Waals surface area contributed by atoms with Crippen LogP contribution in [0.5, 0.6) is 11.5 Å². The molecule has 162 valence electrons. The Hall–Kier alpha value is -2.66. The fraction of sp³-hybridized carbons (Fsp3) is 0.400. The monoisotopic (exact) mass is 437 g/mol. The standard InChI is InChI=1S/C25H28ClN3O2/c1-30-23-14-20-22(15-24(23)31-2)28-21-8-4-7-19(21)25(20)27-17-9-11-29(12-10-17)18-6-3-5-16(26)13-18/h3,5-6,13-15,17H,4,7-12H2,1-2H3,(H,27,28). The number of halogens is 1. The van der Waals surface area contributed by atoms with Gasteiger partial charge >= 0.3 is 0 Å². The van der Waals surface area contributed by atoms with Gasteiger partial charge in [-0.1, -0.05) is 17.7 Å². The first-order chi connectivity index (χ1) is 15.2. The predicted molar refractivity (Wildman–Crippen MR) is 127 cm³/mol. The van der Waals surface area contributed by atoms with Crippen molar-refractivity contribution in [1.82, 2.24) is 4.98 Å². The van der Waals surface area contributed by atoms with E-state index in [1.165, 1.54) is 22.6 Å². The molecule has 1 fully saturated rings. The van der Waals surface area contributed by atoms with E-state index in [2.05, 4.69) is 28.4 Å². The van der Waals surface area contributed by atoms with E-state index in [4.69, 9.17) is 26.1 Å². The number of anilines is 2. The number of nitrogens with one attached hydrogen (secondary N) is 1. The number of hydrogen-bond donors (Lipinski definition) is 1. The lowest BCUT2D eigenvalue weighted by molar-refractivity contribution is 0.356. The molecule has 1 aliphatic heterocycles. The van der Waals surface area contributed by atoms with Crippen LogP contribution in [0.15, 0.2) is 36.4 Å². The molecule has 0 atom stereocenters. The van der Waals surface area contributed by atoms with Crippen molar-refractivity contribution in [3.8, 4) is 11.5 Å². The van der Waals surface area contributed by atoms with Gasteiger partial charge in [-0.15, -0.1) is 0 Å². The van der Waals surface area contributed by atoms with E-state index in [-0.39, 0.29) is 0 Å². The summed E-state index contributed by atoms with van der Waals surface area (Å²) < 4.78 is 11.1. The minimum atomic E-state index is 0.429. The molecule has 0 bridgehead atoms. The molecule has 1 aromatic heterocycles. The largest absolute Gasteiger partial charge is 0.493 e. The Morgan fingerprint density at radius 3 is 2.55 bits per heavy atom. The average Bonchev–Trinajstić information content (AvgIpc) is 3.27. The van der Waals surface area contributed by atoms with Crippen LogP contribution < -0.4 is 19.7 Å². The van der Waals surface area contributed by atoms with Crippen LogP contribution in [-0.4, -0.2) is 38.3 Å². The van der Waals surface area contributed by atoms with Crippen LogP contribution in [0.1, 0.15) is 30.5 Å². The molecular formula is C25H28ClN3O2. The number of fused-ring (bicyclic) bond motifs is 2. The Morgan fingerprint density at radius 2 is 1.81 bits per heavy atom. The molecule has 5 nitrogen and oxygen atoms in total. The fourth-order valence-corrected chi connectivity index (χ4v) is 5.10. The first-order valence-electron chi connectivity index (χ1n) is 11.0. The van der Waals surface area contributed by atoms with Gasteiger partial charge in [0.1, 0.15) is 0 Å². The SMILES string of the molecule is COc1cc2nc3c(c(NC4CCN(c5cccc(Cl)c5)CC4)c2cc1OC)CCC3. The van der Waals surface area contributed by atoms with Crippen molar-refractivity contribution in [3.05, 3.63) is 52.7 Å². The van der Waals surface area contributed by atoms with E-state index >= 15 is 0 Å². The molecule has 0 amide bonds. The highest BCUT2D eigenvalue weighted by molar-refractivity contribution is 6.30. The van der Waals surface area contributed by atoms with Crippen LogP contribution in [0.2, 0.25) is 5.02 Å². The van der Waals surface area contributed by atoms with Gasteiger partial charge < -0.3 is 19.7 Å². The number of methoxy groups -OCH3 is 2. The second-order valence-electron chi connectivity index (χ2n) is 8.38. The maximum absolute atomic E-state index is 6.19. The smallest absolute Gasteiger partial charge is 0.162 e. The third kappa shape index (κ3) is 3.87. The number of pyridine rings is 1. The molecule has 3 aromatic rings. The van der Waals surface area contributed by atoms with Crippen molar-refractivity contribution in [2.45, 2.75) is 38.1 Å². The van der Waals surface area contributed by atoms with Gasteiger partial charge in [-0.05, 0) is 61.9 Å². The van der Waals surface area contributed by atoms with Gasteiger partial charge in [-0.3, -0.25) is 4.98 Å². The van der Waals surface area contributed by atoms with Crippen molar-refractivity contribution < 1.29 is 9.47 Å². The van der Waals surface area contributed by atoms with Crippen LogP contribution in [0.4, 0.5) is 11.4 Å². The molecule has 5 rings (SSSR count). The molecule has 0 unspecified atom stereocenters. The molecule has 0 spiro atoms. The molecule has 6 heteroatoms. The highest BCUT2D eigenvalue weighted by Crippen LogP contribution is 2.40. The Labute approximate surface area is 188 Å². The van der Waals surface area contributed by atoms with Crippen LogP contribution in [0, 0.1) is 0 Å². The first kappa shape index (κ1) is 20.3. The maximum atomic E-state index is 6.19. The van der Waals surface area contributed by atoms with Gasteiger partial charge in [0, 0.05) is 52.7 Å². The van der Waals surface area contributed by atoms with Gasteiger partial charge in [0.05, 0.1) is 19.7 Å². The summed E-state index contributed by atoms with van der Waals surface area (Å²) in [5.74, 6) is 1.47. The minimum absolute atomic E-state index is 0.429. The van der Waals surface area contributed by atoms with Crippen molar-refractivity contribution in [3.63, 3.8) is 0 Å². The third-order valence-corrected chi connectivity index (χ3v) is 6.77. The number of benzene rings is 2. The lowest BCUT2D eigenvalue weighted by atomic mass is 10.0. The van der Waals surface area contributed by atoms with E-state index in [1.807, 2.05) is 18.2 Å². The molecule has 1 aliphatic carbocycles. The fourth-order valence-electron chi connectivity index (χ4n) is 4.91. The van der Waals surface area contributed by atoms with E-state index in [9.17, 15) is 0 Å². The molecule has 2 aromatic carbocycles. The van der Waals surface area contributed by atoms with E-state index in [0.29, 0.717) is 6.04 Å².